The molecule has 1 aromatic heterocycles. The summed E-state index contributed by atoms with van der Waals surface area (Å²) < 4.78 is 16.2. The molecule has 13 heteroatoms. The number of imide groups is 2. The van der Waals surface area contributed by atoms with Crippen LogP contribution in [-0.4, -0.2) is 87.8 Å². The van der Waals surface area contributed by atoms with Crippen LogP contribution in [0.1, 0.15) is 31.0 Å². The van der Waals surface area contributed by atoms with Gasteiger partial charge in [-0.3, -0.25) is 19.3 Å². The lowest BCUT2D eigenvalue weighted by Gasteiger charge is -2.26. The molecule has 1 aromatic carbocycles. The normalized spacial score (nSPS) is 21.7. The van der Waals surface area contributed by atoms with Gasteiger partial charge in [-0.25, -0.2) is 9.69 Å². The maximum Gasteiger partial charge on any atom is 0.334 e. The predicted octanol–water partition coefficient (Wildman–Crippen LogP) is 0.504. The Morgan fingerprint density at radius 2 is 1.95 bits per heavy atom. The van der Waals surface area contributed by atoms with Gasteiger partial charge in [0.25, 0.3) is 0 Å². The summed E-state index contributed by atoms with van der Waals surface area (Å²) in [5.41, 5.74) is 0.520. The van der Waals surface area contributed by atoms with Gasteiger partial charge in [0.1, 0.15) is 12.3 Å². The standard InChI is InChI=1S/C24H27N5O8/c1-35-18-5-3-2-4-17(18)27(11-16-8-15(30)13-36-16)21(31)9-19-25-20(37-26-19)12-29-23(33)22(32)28(24(29)34)10-14-6-7-14/h2-5,14-16,30H,6-13H2,1H3. The van der Waals surface area contributed by atoms with E-state index in [4.69, 9.17) is 14.0 Å². The Balaban J connectivity index is 1.28. The number of nitrogens with zero attached hydrogens (tertiary/aromatic N) is 5. The first-order chi connectivity index (χ1) is 17.8. The fourth-order valence-corrected chi connectivity index (χ4v) is 4.41. The lowest BCUT2D eigenvalue weighted by atomic mass is 10.1. The molecule has 3 heterocycles. The highest BCUT2D eigenvalue weighted by molar-refractivity contribution is 6.44. The van der Waals surface area contributed by atoms with E-state index in [1.165, 1.54) is 12.0 Å². The van der Waals surface area contributed by atoms with Gasteiger partial charge in [0.05, 0.1) is 44.6 Å². The smallest absolute Gasteiger partial charge is 0.334 e. The second kappa shape index (κ2) is 10.3. The molecule has 2 unspecified atom stereocenters. The topological polar surface area (TPSA) is 156 Å². The molecule has 2 atom stereocenters. The van der Waals surface area contributed by atoms with Gasteiger partial charge in [-0.15, -0.1) is 0 Å². The number of para-hydroxylation sites is 2. The second-order valence-corrected chi connectivity index (χ2v) is 9.34. The number of amides is 5. The number of carbonyl (C=O) groups is 4. The van der Waals surface area contributed by atoms with Crippen molar-refractivity contribution in [1.82, 2.24) is 19.9 Å². The Morgan fingerprint density at radius 3 is 2.65 bits per heavy atom. The van der Waals surface area contributed by atoms with Crippen LogP contribution in [0.4, 0.5) is 10.5 Å². The summed E-state index contributed by atoms with van der Waals surface area (Å²) in [6, 6.07) is 6.30. The lowest BCUT2D eigenvalue weighted by molar-refractivity contribution is -0.143. The average Bonchev–Trinajstić information content (AvgIpc) is 3.40. The quantitative estimate of drug-likeness (QED) is 0.351. The number of aliphatic hydroxyl groups is 1. The third-order valence-corrected chi connectivity index (χ3v) is 6.51. The Morgan fingerprint density at radius 1 is 1.19 bits per heavy atom. The van der Waals surface area contributed by atoms with Crippen molar-refractivity contribution in [3.05, 3.63) is 36.0 Å². The number of anilines is 1. The molecule has 2 saturated heterocycles. The summed E-state index contributed by atoms with van der Waals surface area (Å²) in [7, 11) is 1.50. The van der Waals surface area contributed by atoms with Crippen LogP contribution in [0.25, 0.3) is 0 Å². The van der Waals surface area contributed by atoms with Gasteiger partial charge in [-0.05, 0) is 30.9 Å². The van der Waals surface area contributed by atoms with E-state index in [-0.39, 0.29) is 62.3 Å². The van der Waals surface area contributed by atoms with E-state index >= 15 is 0 Å². The highest BCUT2D eigenvalue weighted by Gasteiger charge is 2.46. The van der Waals surface area contributed by atoms with Crippen molar-refractivity contribution in [2.24, 2.45) is 5.92 Å². The first kappa shape index (κ1) is 24.8. The molecule has 0 spiro atoms. The molecule has 0 bridgehead atoms. The number of ether oxygens (including phenoxy) is 2. The number of methoxy groups -OCH3 is 1. The summed E-state index contributed by atoms with van der Waals surface area (Å²) >= 11 is 0. The van der Waals surface area contributed by atoms with Gasteiger partial charge in [-0.1, -0.05) is 17.3 Å². The molecule has 0 radical (unpaired) electrons. The molecule has 196 valence electrons. The molecular formula is C24H27N5O8. The Bertz CT molecular complexity index is 1210. The summed E-state index contributed by atoms with van der Waals surface area (Å²) in [5, 5.41) is 13.7. The van der Waals surface area contributed by atoms with Crippen LogP contribution >= 0.6 is 0 Å². The summed E-state index contributed by atoms with van der Waals surface area (Å²) in [6.45, 7) is 0.234. The third kappa shape index (κ3) is 5.32. The largest absolute Gasteiger partial charge is 0.495 e. The molecule has 1 saturated carbocycles. The summed E-state index contributed by atoms with van der Waals surface area (Å²) in [6.07, 6.45) is 1.03. The monoisotopic (exact) mass is 513 g/mol. The number of aliphatic hydroxyl groups excluding tert-OH is 1. The Labute approximate surface area is 211 Å². The number of hydrogen-bond donors (Lipinski definition) is 1. The minimum absolute atomic E-state index is 0.0486. The van der Waals surface area contributed by atoms with E-state index in [9.17, 15) is 24.3 Å². The Hall–Kier alpha value is -3.84. The highest BCUT2D eigenvalue weighted by Crippen LogP contribution is 2.32. The first-order valence-corrected chi connectivity index (χ1v) is 12.1. The minimum Gasteiger partial charge on any atom is -0.495 e. The summed E-state index contributed by atoms with van der Waals surface area (Å²) in [5.74, 6) is -1.48. The van der Waals surface area contributed by atoms with E-state index in [2.05, 4.69) is 10.1 Å². The molecule has 5 amide bonds. The van der Waals surface area contributed by atoms with Crippen LogP contribution in [0.2, 0.25) is 0 Å². The van der Waals surface area contributed by atoms with E-state index in [1.807, 2.05) is 0 Å². The molecule has 3 aliphatic rings. The molecule has 37 heavy (non-hydrogen) atoms. The lowest BCUT2D eigenvalue weighted by Crippen LogP contribution is -2.39. The van der Waals surface area contributed by atoms with Gasteiger partial charge >= 0.3 is 17.8 Å². The SMILES string of the molecule is COc1ccccc1N(CC1CC(O)CO1)C(=O)Cc1noc(CN2C(=O)C(=O)N(CC3CC3)C2=O)n1. The number of carbonyl (C=O) groups excluding carboxylic acids is 4. The molecular weight excluding hydrogens is 486 g/mol. The number of aromatic nitrogens is 2. The second-order valence-electron chi connectivity index (χ2n) is 9.34. The van der Waals surface area contributed by atoms with Crippen LogP contribution in [0.15, 0.2) is 28.8 Å². The van der Waals surface area contributed by atoms with Crippen molar-refractivity contribution in [2.45, 2.75) is 44.4 Å². The molecule has 3 fully saturated rings. The first-order valence-electron chi connectivity index (χ1n) is 12.1. The van der Waals surface area contributed by atoms with Crippen LogP contribution < -0.4 is 9.64 Å². The number of rotatable bonds is 10. The van der Waals surface area contributed by atoms with E-state index in [0.29, 0.717) is 17.9 Å². The zero-order chi connectivity index (χ0) is 26.1. The highest BCUT2D eigenvalue weighted by atomic mass is 16.5. The van der Waals surface area contributed by atoms with E-state index in [0.717, 1.165) is 22.6 Å². The van der Waals surface area contributed by atoms with Gasteiger partial charge in [-0.2, -0.15) is 4.98 Å². The molecule has 1 N–H and O–H groups in total. The molecule has 2 aromatic rings. The van der Waals surface area contributed by atoms with Gasteiger partial charge in [0.15, 0.2) is 5.82 Å². The Kier molecular flexibility index (Phi) is 6.89. The molecule has 5 rings (SSSR count). The van der Waals surface area contributed by atoms with Crippen molar-refractivity contribution in [2.75, 3.05) is 31.7 Å². The van der Waals surface area contributed by atoms with Gasteiger partial charge in [0, 0.05) is 13.0 Å². The maximum absolute atomic E-state index is 13.4. The predicted molar refractivity (Wildman–Crippen MR) is 124 cm³/mol. The molecule has 1 aliphatic carbocycles. The van der Waals surface area contributed by atoms with Crippen LogP contribution in [0.5, 0.6) is 5.75 Å². The number of urea groups is 1. The number of hydrogen-bond acceptors (Lipinski definition) is 10. The fourth-order valence-electron chi connectivity index (χ4n) is 4.41. The van der Waals surface area contributed by atoms with Crippen molar-refractivity contribution in [3.63, 3.8) is 0 Å². The van der Waals surface area contributed by atoms with Crippen molar-refractivity contribution in [1.29, 1.82) is 0 Å². The molecule has 2 aliphatic heterocycles. The third-order valence-electron chi connectivity index (χ3n) is 6.51. The fraction of sp³-hybridized carbons (Fsp3) is 0.500. The van der Waals surface area contributed by atoms with Crippen LogP contribution in [0.3, 0.4) is 0 Å². The van der Waals surface area contributed by atoms with Crippen molar-refractivity contribution < 1.29 is 38.3 Å². The van der Waals surface area contributed by atoms with Crippen molar-refractivity contribution >= 4 is 29.4 Å². The van der Waals surface area contributed by atoms with Crippen molar-refractivity contribution in [3.8, 4) is 5.75 Å². The van der Waals surface area contributed by atoms with Crippen LogP contribution in [-0.2, 0) is 32.1 Å². The van der Waals surface area contributed by atoms with E-state index < -0.39 is 23.9 Å². The zero-order valence-electron chi connectivity index (χ0n) is 20.2. The van der Waals surface area contributed by atoms with Crippen LogP contribution in [0, 0.1) is 5.92 Å². The van der Waals surface area contributed by atoms with E-state index in [1.54, 1.807) is 24.3 Å². The zero-order valence-corrected chi connectivity index (χ0v) is 20.2. The maximum atomic E-state index is 13.4. The summed E-state index contributed by atoms with van der Waals surface area (Å²) in [4.78, 5) is 57.9. The minimum atomic E-state index is -0.942. The average molecular weight is 514 g/mol. The van der Waals surface area contributed by atoms with Gasteiger partial charge in [0.2, 0.25) is 11.8 Å². The number of benzene rings is 1. The van der Waals surface area contributed by atoms with Gasteiger partial charge < -0.3 is 24.0 Å². The molecule has 13 nitrogen and oxygen atoms in total.